The largest absolute Gasteiger partial charge is 0.446 e. The van der Waals surface area contributed by atoms with Gasteiger partial charge in [-0.1, -0.05) is 30.3 Å². The number of rotatable bonds is 6. The Labute approximate surface area is 176 Å². The molecule has 0 aliphatic carbocycles. The molecule has 2 aromatic carbocycles. The number of ether oxygens (including phenoxy) is 1. The highest BCUT2D eigenvalue weighted by molar-refractivity contribution is 8.00. The van der Waals surface area contributed by atoms with Crippen LogP contribution in [0.25, 0.3) is 0 Å². The number of hydrogen-bond donors (Lipinski definition) is 1. The second-order valence-electron chi connectivity index (χ2n) is 6.83. The van der Waals surface area contributed by atoms with E-state index < -0.39 is 17.5 Å². The third kappa shape index (κ3) is 4.79. The fourth-order valence-corrected chi connectivity index (χ4v) is 4.26. The zero-order valence-electron chi connectivity index (χ0n) is 16.4. The summed E-state index contributed by atoms with van der Waals surface area (Å²) in [6.45, 7) is 0.597. The van der Waals surface area contributed by atoms with Crippen LogP contribution in [0.1, 0.15) is 33.4 Å². The van der Waals surface area contributed by atoms with E-state index in [1.54, 1.807) is 37.4 Å². The summed E-state index contributed by atoms with van der Waals surface area (Å²) in [5.41, 5.74) is -3.02. The van der Waals surface area contributed by atoms with Crippen LogP contribution in [0, 0.1) is 0 Å². The molecule has 0 spiro atoms. The highest BCUT2D eigenvalue weighted by atomic mass is 32.2. The van der Waals surface area contributed by atoms with Crippen molar-refractivity contribution < 1.29 is 27.5 Å². The van der Waals surface area contributed by atoms with Crippen molar-refractivity contribution in [2.45, 2.75) is 22.4 Å². The standard InChI is InChI=1S/C21H21F3N2O3S/c1-26-18(13-6-5-7-14(12-13)30-21(22,23)24)17(19(27)25-10-11-29-2)15-8-3-4-9-16(15)20(26)28/h3-9,12,17-18H,10-11H2,1-2H3,(H,25,27). The summed E-state index contributed by atoms with van der Waals surface area (Å²) in [5, 5.41) is 2.80. The molecule has 2 amide bonds. The molecule has 0 aromatic heterocycles. The van der Waals surface area contributed by atoms with E-state index in [2.05, 4.69) is 5.32 Å². The molecule has 0 saturated heterocycles. The van der Waals surface area contributed by atoms with Crippen LogP contribution in [0.2, 0.25) is 0 Å². The zero-order chi connectivity index (χ0) is 21.9. The summed E-state index contributed by atoms with van der Waals surface area (Å²) in [4.78, 5) is 27.4. The van der Waals surface area contributed by atoms with Gasteiger partial charge in [0.1, 0.15) is 0 Å². The highest BCUT2D eigenvalue weighted by Crippen LogP contribution is 2.44. The number of amides is 2. The molecule has 1 N–H and O–H groups in total. The molecule has 1 heterocycles. The molecule has 3 rings (SSSR count). The Morgan fingerprint density at radius 2 is 1.93 bits per heavy atom. The van der Waals surface area contributed by atoms with Gasteiger partial charge in [0.05, 0.1) is 18.6 Å². The van der Waals surface area contributed by atoms with E-state index in [1.807, 2.05) is 0 Å². The summed E-state index contributed by atoms with van der Waals surface area (Å²) in [5.74, 6) is -1.38. The molecule has 2 aromatic rings. The van der Waals surface area contributed by atoms with E-state index in [9.17, 15) is 22.8 Å². The maximum atomic E-state index is 13.1. The minimum Gasteiger partial charge on any atom is -0.383 e. The van der Waals surface area contributed by atoms with Crippen molar-refractivity contribution in [3.63, 3.8) is 0 Å². The van der Waals surface area contributed by atoms with Crippen molar-refractivity contribution in [1.29, 1.82) is 0 Å². The minimum atomic E-state index is -4.43. The van der Waals surface area contributed by atoms with E-state index in [0.717, 1.165) is 0 Å². The second kappa shape index (κ2) is 9.09. The number of carbonyl (C=O) groups is 2. The van der Waals surface area contributed by atoms with Gasteiger partial charge in [-0.25, -0.2) is 0 Å². The molecule has 160 valence electrons. The maximum absolute atomic E-state index is 13.1. The number of nitrogens with one attached hydrogen (secondary N) is 1. The number of methoxy groups -OCH3 is 1. The van der Waals surface area contributed by atoms with E-state index in [0.29, 0.717) is 23.3 Å². The number of benzene rings is 2. The number of halogens is 3. The molecule has 2 unspecified atom stereocenters. The van der Waals surface area contributed by atoms with Gasteiger partial charge in [-0.15, -0.1) is 0 Å². The first-order chi connectivity index (χ1) is 14.2. The smallest absolute Gasteiger partial charge is 0.383 e. The molecule has 0 fully saturated rings. The van der Waals surface area contributed by atoms with Crippen molar-refractivity contribution in [1.82, 2.24) is 10.2 Å². The Balaban J connectivity index is 2.05. The van der Waals surface area contributed by atoms with Crippen molar-refractivity contribution >= 4 is 23.6 Å². The van der Waals surface area contributed by atoms with Gasteiger partial charge in [0, 0.05) is 31.2 Å². The molecule has 30 heavy (non-hydrogen) atoms. The number of likely N-dealkylation sites (N-methyl/N-ethyl adjacent to an activating group) is 1. The monoisotopic (exact) mass is 438 g/mol. The summed E-state index contributed by atoms with van der Waals surface area (Å²) >= 11 is -0.228. The van der Waals surface area contributed by atoms with Crippen LogP contribution in [-0.2, 0) is 9.53 Å². The lowest BCUT2D eigenvalue weighted by molar-refractivity contribution is -0.124. The van der Waals surface area contributed by atoms with Gasteiger partial charge in [-0.2, -0.15) is 13.2 Å². The van der Waals surface area contributed by atoms with E-state index in [1.165, 1.54) is 30.2 Å². The average Bonchev–Trinajstić information content (AvgIpc) is 2.69. The van der Waals surface area contributed by atoms with Gasteiger partial charge in [0.15, 0.2) is 0 Å². The first-order valence-corrected chi connectivity index (χ1v) is 10.0. The van der Waals surface area contributed by atoms with Crippen LogP contribution in [0.3, 0.4) is 0 Å². The molecular weight excluding hydrogens is 417 g/mol. The van der Waals surface area contributed by atoms with Crippen LogP contribution in [-0.4, -0.2) is 49.5 Å². The molecule has 0 saturated carbocycles. The molecule has 9 heteroatoms. The first-order valence-electron chi connectivity index (χ1n) is 9.21. The highest BCUT2D eigenvalue weighted by Gasteiger charge is 2.42. The number of alkyl halides is 3. The van der Waals surface area contributed by atoms with Gasteiger partial charge < -0.3 is 15.0 Å². The number of thioether (sulfide) groups is 1. The Kier molecular flexibility index (Phi) is 6.72. The Hall–Kier alpha value is -2.52. The summed E-state index contributed by atoms with van der Waals surface area (Å²) in [7, 11) is 3.07. The summed E-state index contributed by atoms with van der Waals surface area (Å²) in [6.07, 6.45) is 0. The van der Waals surface area contributed by atoms with Gasteiger partial charge in [-0.3, -0.25) is 9.59 Å². The fourth-order valence-electron chi connectivity index (χ4n) is 3.66. The van der Waals surface area contributed by atoms with Crippen LogP contribution in [0.15, 0.2) is 53.4 Å². The molecule has 0 radical (unpaired) electrons. The molecule has 2 atom stereocenters. The number of fused-ring (bicyclic) bond motifs is 1. The molecular formula is C21H21F3N2O3S. The molecule has 1 aliphatic rings. The topological polar surface area (TPSA) is 58.6 Å². The lowest BCUT2D eigenvalue weighted by Gasteiger charge is -2.40. The first kappa shape index (κ1) is 22.2. The van der Waals surface area contributed by atoms with Crippen molar-refractivity contribution in [3.05, 3.63) is 65.2 Å². The third-order valence-corrected chi connectivity index (χ3v) is 5.62. The SMILES string of the molecule is COCCNC(=O)C1c2ccccc2C(=O)N(C)C1c1cccc(SC(F)(F)F)c1. The predicted octanol–water partition coefficient (Wildman–Crippen LogP) is 3.97. The lowest BCUT2D eigenvalue weighted by Crippen LogP contribution is -2.46. The molecule has 5 nitrogen and oxygen atoms in total. The summed E-state index contributed by atoms with van der Waals surface area (Å²) in [6, 6.07) is 11.9. The third-order valence-electron chi connectivity index (χ3n) is 4.90. The minimum absolute atomic E-state index is 0.00162. The number of hydrogen-bond acceptors (Lipinski definition) is 4. The van der Waals surface area contributed by atoms with Gasteiger partial charge in [0.25, 0.3) is 5.91 Å². The number of nitrogens with zero attached hydrogens (tertiary/aromatic N) is 1. The predicted molar refractivity (Wildman–Crippen MR) is 107 cm³/mol. The fraction of sp³-hybridized carbons (Fsp3) is 0.333. The van der Waals surface area contributed by atoms with Crippen LogP contribution in [0.5, 0.6) is 0 Å². The van der Waals surface area contributed by atoms with Gasteiger partial charge in [-0.05, 0) is 41.1 Å². The Morgan fingerprint density at radius 3 is 2.63 bits per heavy atom. The van der Waals surface area contributed by atoms with Crippen LogP contribution in [0.4, 0.5) is 13.2 Å². The van der Waals surface area contributed by atoms with Crippen molar-refractivity contribution in [3.8, 4) is 0 Å². The lowest BCUT2D eigenvalue weighted by atomic mass is 9.79. The molecule has 1 aliphatic heterocycles. The van der Waals surface area contributed by atoms with Crippen LogP contribution < -0.4 is 5.32 Å². The number of carbonyl (C=O) groups excluding carboxylic acids is 2. The van der Waals surface area contributed by atoms with Gasteiger partial charge in [0.2, 0.25) is 5.91 Å². The maximum Gasteiger partial charge on any atom is 0.446 e. The normalized spacial score (nSPS) is 18.8. The summed E-state index contributed by atoms with van der Waals surface area (Å²) < 4.78 is 43.5. The van der Waals surface area contributed by atoms with E-state index in [-0.39, 0.29) is 35.0 Å². The Bertz CT molecular complexity index is 936. The van der Waals surface area contributed by atoms with Crippen molar-refractivity contribution in [2.24, 2.45) is 0 Å². The van der Waals surface area contributed by atoms with E-state index >= 15 is 0 Å². The van der Waals surface area contributed by atoms with E-state index in [4.69, 9.17) is 4.74 Å². The quantitative estimate of drug-likeness (QED) is 0.548. The second-order valence-corrected chi connectivity index (χ2v) is 7.97. The van der Waals surface area contributed by atoms with Crippen molar-refractivity contribution in [2.75, 3.05) is 27.3 Å². The molecule has 0 bridgehead atoms. The average molecular weight is 438 g/mol. The van der Waals surface area contributed by atoms with Gasteiger partial charge >= 0.3 is 5.51 Å². The Morgan fingerprint density at radius 1 is 1.20 bits per heavy atom. The van der Waals surface area contributed by atoms with Crippen LogP contribution >= 0.6 is 11.8 Å². The zero-order valence-corrected chi connectivity index (χ0v) is 17.2.